The van der Waals surface area contributed by atoms with Crippen LogP contribution in [0.4, 0.5) is 5.95 Å². The first-order chi connectivity index (χ1) is 8.60. The van der Waals surface area contributed by atoms with Crippen LogP contribution in [0.2, 0.25) is 0 Å². The second kappa shape index (κ2) is 4.74. The van der Waals surface area contributed by atoms with Gasteiger partial charge in [-0.05, 0) is 19.1 Å². The van der Waals surface area contributed by atoms with Gasteiger partial charge in [-0.2, -0.15) is 4.98 Å². The minimum atomic E-state index is -0.477. The molecule has 0 atom stereocenters. The van der Waals surface area contributed by atoms with Gasteiger partial charge in [0.2, 0.25) is 5.95 Å². The number of aromatic hydroxyl groups is 1. The van der Waals surface area contributed by atoms with Gasteiger partial charge in [0.25, 0.3) is 5.91 Å². The number of phenolic OH excluding ortho intramolecular Hbond substituents is 1. The molecule has 0 aliphatic rings. The van der Waals surface area contributed by atoms with Crippen LogP contribution in [0, 0.1) is 6.92 Å². The van der Waals surface area contributed by atoms with Crippen molar-refractivity contribution in [3.05, 3.63) is 29.3 Å². The van der Waals surface area contributed by atoms with Crippen LogP contribution in [0.5, 0.6) is 11.8 Å². The van der Waals surface area contributed by atoms with Crippen molar-refractivity contribution in [2.75, 3.05) is 12.4 Å². The number of anilines is 1. The summed E-state index contributed by atoms with van der Waals surface area (Å²) in [5.74, 6) is -0.419. The Morgan fingerprint density at radius 2 is 2.28 bits per heavy atom. The molecule has 1 aromatic heterocycles. The molecule has 0 fully saturated rings. The number of ether oxygens (including phenoxy) is 1. The quantitative estimate of drug-likeness (QED) is 0.754. The number of benzene rings is 1. The molecule has 0 radical (unpaired) electrons. The molecule has 0 saturated carbocycles. The third kappa shape index (κ3) is 2.40. The van der Waals surface area contributed by atoms with Gasteiger partial charge in [0.1, 0.15) is 5.75 Å². The lowest BCUT2D eigenvalue weighted by molar-refractivity contribution is 0.102. The number of carbonyl (C=O) groups is 1. The van der Waals surface area contributed by atoms with Crippen molar-refractivity contribution in [2.45, 2.75) is 6.92 Å². The minimum absolute atomic E-state index is 0.0930. The summed E-state index contributed by atoms with van der Waals surface area (Å²) in [6.07, 6.45) is 0. The second-order valence-electron chi connectivity index (χ2n) is 3.65. The van der Waals surface area contributed by atoms with Crippen molar-refractivity contribution >= 4 is 11.9 Å². The maximum atomic E-state index is 11.9. The molecule has 0 aliphatic carbocycles. The van der Waals surface area contributed by atoms with Gasteiger partial charge in [-0.25, -0.2) is 5.10 Å². The van der Waals surface area contributed by atoms with Crippen molar-refractivity contribution in [3.8, 4) is 11.8 Å². The number of hydrogen-bond acceptors (Lipinski definition) is 5. The van der Waals surface area contributed by atoms with E-state index in [0.29, 0.717) is 0 Å². The van der Waals surface area contributed by atoms with E-state index in [0.717, 1.165) is 5.56 Å². The molecule has 7 nitrogen and oxygen atoms in total. The highest BCUT2D eigenvalue weighted by Gasteiger charge is 2.13. The summed E-state index contributed by atoms with van der Waals surface area (Å²) in [5.41, 5.74) is 1.04. The summed E-state index contributed by atoms with van der Waals surface area (Å²) in [7, 11) is 1.42. The Morgan fingerprint density at radius 1 is 1.50 bits per heavy atom. The second-order valence-corrected chi connectivity index (χ2v) is 3.65. The third-order valence-corrected chi connectivity index (χ3v) is 2.28. The molecule has 94 valence electrons. The molecule has 7 heteroatoms. The fourth-order valence-electron chi connectivity index (χ4n) is 1.40. The van der Waals surface area contributed by atoms with E-state index in [9.17, 15) is 9.90 Å². The molecule has 2 rings (SSSR count). The van der Waals surface area contributed by atoms with Crippen LogP contribution in [0.25, 0.3) is 0 Å². The van der Waals surface area contributed by atoms with Crippen molar-refractivity contribution in [1.82, 2.24) is 15.2 Å². The lowest BCUT2D eigenvalue weighted by Crippen LogP contribution is -2.13. The lowest BCUT2D eigenvalue weighted by Gasteiger charge is -2.04. The SMILES string of the molecule is COc1n[nH]c(NC(=O)c2cc(C)ccc2O)n1. The van der Waals surface area contributed by atoms with Crippen molar-refractivity contribution < 1.29 is 14.6 Å². The number of nitrogens with zero attached hydrogens (tertiary/aromatic N) is 2. The molecule has 0 aliphatic heterocycles. The molecule has 0 spiro atoms. The maximum absolute atomic E-state index is 11.9. The molecule has 0 unspecified atom stereocenters. The van der Waals surface area contributed by atoms with Crippen LogP contribution >= 0.6 is 0 Å². The van der Waals surface area contributed by atoms with Crippen LogP contribution in [0.3, 0.4) is 0 Å². The molecule has 3 N–H and O–H groups in total. The average Bonchev–Trinajstić information content (AvgIpc) is 2.80. The van der Waals surface area contributed by atoms with Gasteiger partial charge in [-0.1, -0.05) is 11.6 Å². The zero-order chi connectivity index (χ0) is 13.1. The Morgan fingerprint density at radius 3 is 2.94 bits per heavy atom. The molecule has 1 heterocycles. The van der Waals surface area contributed by atoms with E-state index < -0.39 is 5.91 Å². The number of aryl methyl sites for hydroxylation is 1. The summed E-state index contributed by atoms with van der Waals surface area (Å²) in [5, 5.41) is 18.3. The van der Waals surface area contributed by atoms with E-state index in [1.54, 1.807) is 12.1 Å². The number of aromatic amines is 1. The first kappa shape index (κ1) is 11.9. The number of carbonyl (C=O) groups excluding carboxylic acids is 1. The Kier molecular flexibility index (Phi) is 3.13. The van der Waals surface area contributed by atoms with E-state index in [4.69, 9.17) is 4.74 Å². The Bertz CT molecular complexity index is 579. The van der Waals surface area contributed by atoms with Gasteiger partial charge in [0, 0.05) is 0 Å². The maximum Gasteiger partial charge on any atom is 0.336 e. The number of aromatic nitrogens is 3. The standard InChI is InChI=1S/C11H12N4O3/c1-6-3-4-8(16)7(5-6)9(17)12-10-13-11(18-2)15-14-10/h3-5,16H,1-2H3,(H2,12,13,14,15,17). The molecular formula is C11H12N4O3. The van der Waals surface area contributed by atoms with Gasteiger partial charge in [0.15, 0.2) is 0 Å². The van der Waals surface area contributed by atoms with Crippen molar-refractivity contribution in [3.63, 3.8) is 0 Å². The van der Waals surface area contributed by atoms with Crippen LogP contribution in [-0.4, -0.2) is 33.3 Å². The smallest absolute Gasteiger partial charge is 0.336 e. The highest BCUT2D eigenvalue weighted by molar-refractivity contribution is 6.05. The molecular weight excluding hydrogens is 236 g/mol. The van der Waals surface area contributed by atoms with Gasteiger partial charge >= 0.3 is 6.01 Å². The summed E-state index contributed by atoms with van der Waals surface area (Å²) in [4.78, 5) is 15.7. The first-order valence-corrected chi connectivity index (χ1v) is 5.17. The zero-order valence-corrected chi connectivity index (χ0v) is 9.89. The van der Waals surface area contributed by atoms with E-state index in [1.165, 1.54) is 13.2 Å². The average molecular weight is 248 g/mol. The highest BCUT2D eigenvalue weighted by Crippen LogP contribution is 2.19. The molecule has 1 aromatic carbocycles. The molecule has 2 aromatic rings. The van der Waals surface area contributed by atoms with Gasteiger partial charge < -0.3 is 9.84 Å². The van der Waals surface area contributed by atoms with Crippen LogP contribution in [0.1, 0.15) is 15.9 Å². The number of H-pyrrole nitrogens is 1. The summed E-state index contributed by atoms with van der Waals surface area (Å²) in [6.45, 7) is 1.83. The number of hydrogen-bond donors (Lipinski definition) is 3. The Balaban J connectivity index is 2.19. The van der Waals surface area contributed by atoms with Crippen LogP contribution in [-0.2, 0) is 0 Å². The predicted octanol–water partition coefficient (Wildman–Crippen LogP) is 1.08. The molecule has 18 heavy (non-hydrogen) atoms. The van der Waals surface area contributed by atoms with Gasteiger partial charge in [0.05, 0.1) is 12.7 Å². The number of amides is 1. The lowest BCUT2D eigenvalue weighted by atomic mass is 10.1. The number of phenols is 1. The number of nitrogens with one attached hydrogen (secondary N) is 2. The predicted molar refractivity (Wildman–Crippen MR) is 63.7 cm³/mol. The molecule has 0 saturated heterocycles. The molecule has 1 amide bonds. The summed E-state index contributed by atoms with van der Waals surface area (Å²) >= 11 is 0. The van der Waals surface area contributed by atoms with E-state index in [2.05, 4.69) is 20.5 Å². The summed E-state index contributed by atoms with van der Waals surface area (Å²) in [6, 6.07) is 4.88. The fourth-order valence-corrected chi connectivity index (χ4v) is 1.40. The summed E-state index contributed by atoms with van der Waals surface area (Å²) < 4.78 is 4.77. The Hall–Kier alpha value is -2.57. The third-order valence-electron chi connectivity index (χ3n) is 2.28. The number of methoxy groups -OCH3 is 1. The Labute approximate surface area is 103 Å². The minimum Gasteiger partial charge on any atom is -0.507 e. The van der Waals surface area contributed by atoms with E-state index in [1.807, 2.05) is 6.92 Å². The zero-order valence-electron chi connectivity index (χ0n) is 9.89. The number of rotatable bonds is 3. The van der Waals surface area contributed by atoms with E-state index >= 15 is 0 Å². The monoisotopic (exact) mass is 248 g/mol. The normalized spacial score (nSPS) is 10.1. The topological polar surface area (TPSA) is 100 Å². The van der Waals surface area contributed by atoms with Crippen molar-refractivity contribution in [2.24, 2.45) is 0 Å². The highest BCUT2D eigenvalue weighted by atomic mass is 16.5. The fraction of sp³-hybridized carbons (Fsp3) is 0.182. The van der Waals surface area contributed by atoms with Crippen LogP contribution < -0.4 is 10.1 Å². The van der Waals surface area contributed by atoms with Crippen molar-refractivity contribution in [1.29, 1.82) is 0 Å². The van der Waals surface area contributed by atoms with Gasteiger partial charge in [-0.15, -0.1) is 5.10 Å². The van der Waals surface area contributed by atoms with E-state index in [-0.39, 0.29) is 23.3 Å². The first-order valence-electron chi connectivity index (χ1n) is 5.17. The largest absolute Gasteiger partial charge is 0.507 e. The molecule has 0 bridgehead atoms. The van der Waals surface area contributed by atoms with Crippen LogP contribution in [0.15, 0.2) is 18.2 Å². The van der Waals surface area contributed by atoms with Gasteiger partial charge in [-0.3, -0.25) is 10.1 Å².